The molecule has 0 saturated heterocycles. The molecule has 3 atom stereocenters. The summed E-state index contributed by atoms with van der Waals surface area (Å²) in [6.07, 6.45) is 64.5. The summed E-state index contributed by atoms with van der Waals surface area (Å²) in [5, 5.41) is 9.84. The van der Waals surface area contributed by atoms with E-state index in [2.05, 4.69) is 81.5 Å². The molecule has 0 bridgehead atoms. The number of rotatable bonds is 58. The monoisotopic (exact) mass is 1090 g/mol. The van der Waals surface area contributed by atoms with Gasteiger partial charge in [0.15, 0.2) is 6.10 Å². The second-order valence-electron chi connectivity index (χ2n) is 20.9. The van der Waals surface area contributed by atoms with Gasteiger partial charge in [0.05, 0.1) is 19.8 Å². The first-order valence-electron chi connectivity index (χ1n) is 31.2. The summed E-state index contributed by atoms with van der Waals surface area (Å²) in [5.41, 5.74) is 0. The van der Waals surface area contributed by atoms with Crippen LogP contribution in [-0.4, -0.2) is 66.5 Å². The van der Waals surface area contributed by atoms with Gasteiger partial charge in [0, 0.05) is 19.3 Å². The van der Waals surface area contributed by atoms with Crippen LogP contribution in [0.25, 0.3) is 0 Å². The maximum Gasteiger partial charge on any atom is 0.472 e. The van der Waals surface area contributed by atoms with Gasteiger partial charge in [0.25, 0.3) is 0 Å². The molecular formula is C64H115O11P. The molecule has 0 aliphatic rings. The van der Waals surface area contributed by atoms with Gasteiger partial charge in [-0.25, -0.2) is 4.57 Å². The smallest absolute Gasteiger partial charge is 0.462 e. The minimum atomic E-state index is -4.76. The molecule has 0 rings (SSSR count). The number of esters is 3. The fraction of sp³-hybridized carbons (Fsp3) is 0.797. The highest BCUT2D eigenvalue weighted by atomic mass is 31.2. The summed E-state index contributed by atoms with van der Waals surface area (Å²) in [6, 6.07) is 0. The standard InChI is InChI=1S/C64H115O11P/c1-4-7-10-13-16-19-22-25-27-29-30-32-34-37-40-43-46-49-52-55-64(68)75-61(57-71-62(66)53-50-47-44-41-38-35-24-21-18-15-12-9-6-3)59-73-76(69,70)72-58-60(56-65)74-63(67)54-51-48-45-42-39-36-33-31-28-26-23-20-17-14-11-8-5-2/h12,15,17,20-21,24-28,60-61,65H,4-11,13-14,16,18-19,22-23,29-59H2,1-3H3,(H,69,70)/b15-12-,20-17-,24-21-,27-25-,28-26-. The van der Waals surface area contributed by atoms with Crippen LogP contribution in [-0.2, 0) is 42.2 Å². The first-order chi connectivity index (χ1) is 37.2. The maximum atomic E-state index is 12.9. The zero-order valence-electron chi connectivity index (χ0n) is 49.0. The Balaban J connectivity index is 4.68. The molecule has 0 radical (unpaired) electrons. The van der Waals surface area contributed by atoms with Gasteiger partial charge < -0.3 is 24.2 Å². The molecule has 0 aliphatic carbocycles. The van der Waals surface area contributed by atoms with E-state index in [1.165, 1.54) is 128 Å². The Kier molecular flexibility index (Phi) is 56.2. The van der Waals surface area contributed by atoms with Gasteiger partial charge in [0.2, 0.25) is 0 Å². The lowest BCUT2D eigenvalue weighted by Crippen LogP contribution is -2.30. The summed E-state index contributed by atoms with van der Waals surface area (Å²) in [5.74, 6) is -1.48. The molecule has 0 aromatic rings. The van der Waals surface area contributed by atoms with Crippen LogP contribution in [0.3, 0.4) is 0 Å². The van der Waals surface area contributed by atoms with E-state index in [0.717, 1.165) is 103 Å². The molecule has 0 heterocycles. The molecule has 12 heteroatoms. The molecule has 0 spiro atoms. The molecule has 0 amide bonds. The minimum Gasteiger partial charge on any atom is -0.462 e. The van der Waals surface area contributed by atoms with Gasteiger partial charge in [-0.3, -0.25) is 23.4 Å². The summed E-state index contributed by atoms with van der Waals surface area (Å²) in [4.78, 5) is 48.7. The number of ether oxygens (including phenoxy) is 3. The average Bonchev–Trinajstić information content (AvgIpc) is 3.41. The summed E-state index contributed by atoms with van der Waals surface area (Å²) < 4.78 is 39.6. The van der Waals surface area contributed by atoms with Crippen molar-refractivity contribution in [2.24, 2.45) is 0 Å². The zero-order valence-corrected chi connectivity index (χ0v) is 49.9. The second-order valence-corrected chi connectivity index (χ2v) is 22.3. The van der Waals surface area contributed by atoms with Gasteiger partial charge in [-0.15, -0.1) is 0 Å². The number of carbonyl (C=O) groups excluding carboxylic acids is 3. The average molecular weight is 1090 g/mol. The maximum absolute atomic E-state index is 12.9. The lowest BCUT2D eigenvalue weighted by molar-refractivity contribution is -0.161. The lowest BCUT2D eigenvalue weighted by Gasteiger charge is -2.21. The van der Waals surface area contributed by atoms with E-state index in [4.69, 9.17) is 23.3 Å². The van der Waals surface area contributed by atoms with Gasteiger partial charge in [0.1, 0.15) is 12.7 Å². The normalized spacial score (nSPS) is 13.7. The molecule has 3 unspecified atom stereocenters. The predicted molar refractivity (Wildman–Crippen MR) is 316 cm³/mol. The van der Waals surface area contributed by atoms with E-state index < -0.39 is 57.8 Å². The third-order valence-corrected chi connectivity index (χ3v) is 14.3. The van der Waals surface area contributed by atoms with Crippen LogP contribution in [0.2, 0.25) is 0 Å². The van der Waals surface area contributed by atoms with E-state index >= 15 is 0 Å². The van der Waals surface area contributed by atoms with Crippen LogP contribution < -0.4 is 0 Å². The third kappa shape index (κ3) is 55.9. The highest BCUT2D eigenvalue weighted by Gasteiger charge is 2.28. The Labute approximate surface area is 465 Å². The van der Waals surface area contributed by atoms with Crippen LogP contribution >= 0.6 is 7.82 Å². The molecule has 0 aliphatic heterocycles. The number of allylic oxidation sites excluding steroid dienone is 10. The van der Waals surface area contributed by atoms with Gasteiger partial charge in [-0.05, 0) is 103 Å². The zero-order chi connectivity index (χ0) is 55.5. The van der Waals surface area contributed by atoms with Crippen molar-refractivity contribution in [2.45, 2.75) is 303 Å². The Morgan fingerprint density at radius 1 is 0.368 bits per heavy atom. The molecular weight excluding hydrogens is 976 g/mol. The molecule has 0 saturated carbocycles. The highest BCUT2D eigenvalue weighted by molar-refractivity contribution is 7.47. The largest absolute Gasteiger partial charge is 0.472 e. The Morgan fingerprint density at radius 3 is 1.07 bits per heavy atom. The number of aliphatic hydroxyl groups is 1. The first-order valence-corrected chi connectivity index (χ1v) is 32.7. The van der Waals surface area contributed by atoms with Crippen molar-refractivity contribution in [2.75, 3.05) is 26.4 Å². The summed E-state index contributed by atoms with van der Waals surface area (Å²) in [7, 11) is -4.76. The van der Waals surface area contributed by atoms with Crippen molar-refractivity contribution in [1.29, 1.82) is 0 Å². The molecule has 0 aromatic carbocycles. The number of phosphoric ester groups is 1. The fourth-order valence-electron chi connectivity index (χ4n) is 8.60. The quantitative estimate of drug-likeness (QED) is 0.0197. The van der Waals surface area contributed by atoms with Crippen molar-refractivity contribution in [3.8, 4) is 0 Å². The number of carbonyl (C=O) groups is 3. The van der Waals surface area contributed by atoms with Crippen LogP contribution in [0.15, 0.2) is 60.8 Å². The number of unbranched alkanes of at least 4 members (excludes halogenated alkanes) is 31. The molecule has 442 valence electrons. The molecule has 11 nitrogen and oxygen atoms in total. The number of hydrogen-bond acceptors (Lipinski definition) is 10. The predicted octanol–water partition coefficient (Wildman–Crippen LogP) is 18.7. The van der Waals surface area contributed by atoms with Crippen molar-refractivity contribution in [3.05, 3.63) is 60.8 Å². The van der Waals surface area contributed by atoms with Crippen molar-refractivity contribution >= 4 is 25.7 Å². The van der Waals surface area contributed by atoms with E-state index in [1.54, 1.807) is 0 Å². The number of hydrogen-bond donors (Lipinski definition) is 2. The van der Waals surface area contributed by atoms with Crippen molar-refractivity contribution in [3.63, 3.8) is 0 Å². The van der Waals surface area contributed by atoms with Crippen LogP contribution in [0.1, 0.15) is 290 Å². The Hall–Kier alpha value is -2.82. The van der Waals surface area contributed by atoms with Crippen LogP contribution in [0.5, 0.6) is 0 Å². The highest BCUT2D eigenvalue weighted by Crippen LogP contribution is 2.43. The van der Waals surface area contributed by atoms with Crippen LogP contribution in [0.4, 0.5) is 0 Å². The van der Waals surface area contributed by atoms with Gasteiger partial charge in [-0.2, -0.15) is 0 Å². The molecule has 0 aromatic heterocycles. The summed E-state index contributed by atoms with van der Waals surface area (Å²) in [6.45, 7) is 4.56. The van der Waals surface area contributed by atoms with E-state index in [9.17, 15) is 28.9 Å². The fourth-order valence-corrected chi connectivity index (χ4v) is 9.38. The second kappa shape index (κ2) is 58.3. The molecule has 76 heavy (non-hydrogen) atoms. The Morgan fingerprint density at radius 2 is 0.671 bits per heavy atom. The minimum absolute atomic E-state index is 0.162. The van der Waals surface area contributed by atoms with E-state index in [1.807, 2.05) is 0 Å². The number of phosphoric acid groups is 1. The van der Waals surface area contributed by atoms with Gasteiger partial charge in [-0.1, -0.05) is 229 Å². The van der Waals surface area contributed by atoms with E-state index in [-0.39, 0.29) is 25.9 Å². The molecule has 0 fully saturated rings. The number of aliphatic hydroxyl groups excluding tert-OH is 1. The Bertz CT molecular complexity index is 1510. The van der Waals surface area contributed by atoms with Crippen molar-refractivity contribution in [1.82, 2.24) is 0 Å². The topological polar surface area (TPSA) is 155 Å². The van der Waals surface area contributed by atoms with E-state index in [0.29, 0.717) is 19.3 Å². The first kappa shape index (κ1) is 73.2. The SMILES string of the molecule is CCC/C=C\C/C=C\CCCCCCCC(=O)OCC(COP(=O)(O)OCC(CO)OC(=O)CCCCCCCCC/C=C\C/C=C\CCCCC)OC(=O)CCCCCCCCCCC/C=C\CCCCCCCC. The summed E-state index contributed by atoms with van der Waals surface area (Å²) >= 11 is 0. The van der Waals surface area contributed by atoms with Crippen LogP contribution in [0, 0.1) is 0 Å². The van der Waals surface area contributed by atoms with Crippen molar-refractivity contribution < 1.29 is 52.2 Å². The molecule has 2 N–H and O–H groups in total. The third-order valence-electron chi connectivity index (χ3n) is 13.4. The van der Waals surface area contributed by atoms with Gasteiger partial charge >= 0.3 is 25.7 Å². The lowest BCUT2D eigenvalue weighted by atomic mass is 10.1.